The predicted octanol–water partition coefficient (Wildman–Crippen LogP) is 3.33. The zero-order valence-corrected chi connectivity index (χ0v) is 12.2. The minimum Gasteiger partial charge on any atom is -0.465 e. The molecule has 1 atom stereocenters. The highest BCUT2D eigenvalue weighted by Gasteiger charge is 2.28. The molecule has 0 radical (unpaired) electrons. The first-order valence-corrected chi connectivity index (χ1v) is 7.02. The number of rotatable bonds is 5. The number of carbonyl (C=O) groups excluding carboxylic acids is 2. The Labute approximate surface area is 123 Å². The molecule has 0 aliphatic carbocycles. The molecule has 2 aromatic rings. The van der Waals surface area contributed by atoms with E-state index in [1.54, 1.807) is 26.0 Å². The maximum absolute atomic E-state index is 12.1. The van der Waals surface area contributed by atoms with Crippen molar-refractivity contribution in [3.63, 3.8) is 0 Å². The Morgan fingerprint density at radius 3 is 2.38 bits per heavy atom. The average molecular weight is 286 g/mol. The van der Waals surface area contributed by atoms with Crippen LogP contribution in [0.1, 0.15) is 20.3 Å². The Morgan fingerprint density at radius 1 is 1.00 bits per heavy atom. The molecule has 110 valence electrons. The van der Waals surface area contributed by atoms with E-state index in [2.05, 4.69) is 0 Å². The fourth-order valence-corrected chi connectivity index (χ4v) is 2.09. The van der Waals surface area contributed by atoms with Crippen molar-refractivity contribution in [2.24, 2.45) is 5.92 Å². The van der Waals surface area contributed by atoms with Crippen molar-refractivity contribution in [2.75, 3.05) is 6.61 Å². The molecule has 0 N–H and O–H groups in total. The molecular weight excluding hydrogens is 268 g/mol. The third-order valence-corrected chi connectivity index (χ3v) is 3.20. The zero-order valence-electron chi connectivity index (χ0n) is 12.2. The second-order valence-corrected chi connectivity index (χ2v) is 4.64. The van der Waals surface area contributed by atoms with E-state index in [-0.39, 0.29) is 6.61 Å². The Morgan fingerprint density at radius 2 is 1.71 bits per heavy atom. The Bertz CT molecular complexity index is 648. The van der Waals surface area contributed by atoms with Crippen LogP contribution in [0.15, 0.2) is 42.5 Å². The third-order valence-electron chi connectivity index (χ3n) is 3.20. The van der Waals surface area contributed by atoms with Crippen LogP contribution in [0.4, 0.5) is 0 Å². The van der Waals surface area contributed by atoms with Gasteiger partial charge in [-0.2, -0.15) is 0 Å². The van der Waals surface area contributed by atoms with E-state index >= 15 is 0 Å². The van der Waals surface area contributed by atoms with Gasteiger partial charge in [0.1, 0.15) is 5.75 Å². The molecule has 0 spiro atoms. The van der Waals surface area contributed by atoms with Crippen molar-refractivity contribution in [2.45, 2.75) is 20.3 Å². The molecule has 0 heterocycles. The molecule has 4 heteroatoms. The van der Waals surface area contributed by atoms with Crippen molar-refractivity contribution in [1.29, 1.82) is 0 Å². The summed E-state index contributed by atoms with van der Waals surface area (Å²) in [5.41, 5.74) is 0. The van der Waals surface area contributed by atoms with Gasteiger partial charge >= 0.3 is 11.9 Å². The molecular formula is C17H18O4. The Balaban J connectivity index is 2.14. The van der Waals surface area contributed by atoms with Crippen molar-refractivity contribution in [1.82, 2.24) is 0 Å². The number of hydrogen-bond acceptors (Lipinski definition) is 4. The number of fused-ring (bicyclic) bond motifs is 1. The van der Waals surface area contributed by atoms with Gasteiger partial charge in [0.2, 0.25) is 0 Å². The second kappa shape index (κ2) is 6.88. The van der Waals surface area contributed by atoms with Crippen molar-refractivity contribution < 1.29 is 19.1 Å². The topological polar surface area (TPSA) is 52.6 Å². The minimum atomic E-state index is -0.878. The van der Waals surface area contributed by atoms with Crippen LogP contribution in [0.3, 0.4) is 0 Å². The monoisotopic (exact) mass is 286 g/mol. The fraction of sp³-hybridized carbons (Fsp3) is 0.294. The quantitative estimate of drug-likeness (QED) is 0.480. The summed E-state index contributed by atoms with van der Waals surface area (Å²) in [7, 11) is 0. The number of esters is 2. The van der Waals surface area contributed by atoms with E-state index < -0.39 is 17.9 Å². The zero-order chi connectivity index (χ0) is 15.2. The van der Waals surface area contributed by atoms with Crippen LogP contribution < -0.4 is 4.74 Å². The lowest BCUT2D eigenvalue weighted by Crippen LogP contribution is -2.29. The predicted molar refractivity (Wildman–Crippen MR) is 80.0 cm³/mol. The lowest BCUT2D eigenvalue weighted by Gasteiger charge is -2.13. The molecule has 0 aliphatic heterocycles. The van der Waals surface area contributed by atoms with Gasteiger partial charge in [0.05, 0.1) is 6.61 Å². The summed E-state index contributed by atoms with van der Waals surface area (Å²) in [6.45, 7) is 3.71. The van der Waals surface area contributed by atoms with Crippen LogP contribution in [0.5, 0.6) is 5.75 Å². The first-order valence-electron chi connectivity index (χ1n) is 7.02. The highest BCUT2D eigenvalue weighted by atomic mass is 16.6. The molecule has 0 saturated carbocycles. The minimum absolute atomic E-state index is 0.249. The summed E-state index contributed by atoms with van der Waals surface area (Å²) in [6, 6.07) is 13.2. The summed E-state index contributed by atoms with van der Waals surface area (Å²) in [5.74, 6) is -1.56. The van der Waals surface area contributed by atoms with Gasteiger partial charge in [0.15, 0.2) is 5.92 Å². The number of benzene rings is 2. The van der Waals surface area contributed by atoms with Gasteiger partial charge in [-0.25, -0.2) is 0 Å². The maximum Gasteiger partial charge on any atom is 0.325 e. The van der Waals surface area contributed by atoms with Gasteiger partial charge in [-0.15, -0.1) is 0 Å². The molecule has 0 amide bonds. The standard InChI is InChI=1S/C17H18O4/c1-3-15(16(18)20-4-2)17(19)21-14-10-9-12-7-5-6-8-13(12)11-14/h5-11,15H,3-4H2,1-2H3. The third kappa shape index (κ3) is 3.60. The van der Waals surface area contributed by atoms with Gasteiger partial charge in [-0.3, -0.25) is 9.59 Å². The number of ether oxygens (including phenoxy) is 2. The molecule has 21 heavy (non-hydrogen) atoms. The summed E-state index contributed by atoms with van der Waals surface area (Å²) < 4.78 is 10.2. The first-order chi connectivity index (χ1) is 10.2. The molecule has 0 fully saturated rings. The summed E-state index contributed by atoms with van der Waals surface area (Å²) >= 11 is 0. The molecule has 2 aromatic carbocycles. The van der Waals surface area contributed by atoms with Crippen molar-refractivity contribution >= 4 is 22.7 Å². The van der Waals surface area contributed by atoms with Crippen molar-refractivity contribution in [3.05, 3.63) is 42.5 Å². The van der Waals surface area contributed by atoms with Gasteiger partial charge in [-0.05, 0) is 36.2 Å². The molecule has 1 unspecified atom stereocenters. The number of carbonyl (C=O) groups is 2. The van der Waals surface area contributed by atoms with Crippen LogP contribution in [-0.2, 0) is 14.3 Å². The lowest BCUT2D eigenvalue weighted by atomic mass is 10.1. The van der Waals surface area contributed by atoms with Crippen LogP contribution in [0, 0.1) is 5.92 Å². The fourth-order valence-electron chi connectivity index (χ4n) is 2.09. The van der Waals surface area contributed by atoms with Crippen molar-refractivity contribution in [3.8, 4) is 5.75 Å². The van der Waals surface area contributed by atoms with E-state index in [4.69, 9.17) is 9.47 Å². The smallest absolute Gasteiger partial charge is 0.325 e. The van der Waals surface area contributed by atoms with Gasteiger partial charge in [0, 0.05) is 0 Å². The highest BCUT2D eigenvalue weighted by Crippen LogP contribution is 2.22. The van der Waals surface area contributed by atoms with E-state index in [9.17, 15) is 9.59 Å². The van der Waals surface area contributed by atoms with Gasteiger partial charge in [-0.1, -0.05) is 37.3 Å². The Hall–Kier alpha value is -2.36. The van der Waals surface area contributed by atoms with Crippen LogP contribution in [-0.4, -0.2) is 18.5 Å². The molecule has 0 aliphatic rings. The SMILES string of the molecule is CCOC(=O)C(CC)C(=O)Oc1ccc2ccccc2c1. The maximum atomic E-state index is 12.1. The summed E-state index contributed by atoms with van der Waals surface area (Å²) in [6.07, 6.45) is 0.352. The van der Waals surface area contributed by atoms with Gasteiger partial charge in [0.25, 0.3) is 0 Å². The summed E-state index contributed by atoms with van der Waals surface area (Å²) in [5, 5.41) is 2.04. The molecule has 0 bridgehead atoms. The van der Waals surface area contributed by atoms with Crippen LogP contribution in [0.25, 0.3) is 10.8 Å². The van der Waals surface area contributed by atoms with Crippen LogP contribution >= 0.6 is 0 Å². The van der Waals surface area contributed by atoms with E-state index in [1.165, 1.54) is 0 Å². The number of hydrogen-bond donors (Lipinski definition) is 0. The molecule has 4 nitrogen and oxygen atoms in total. The lowest BCUT2D eigenvalue weighted by molar-refractivity contribution is -0.157. The highest BCUT2D eigenvalue weighted by molar-refractivity contribution is 5.96. The largest absolute Gasteiger partial charge is 0.465 e. The van der Waals surface area contributed by atoms with Gasteiger partial charge < -0.3 is 9.47 Å². The molecule has 0 aromatic heterocycles. The van der Waals surface area contributed by atoms with E-state index in [0.29, 0.717) is 12.2 Å². The average Bonchev–Trinajstić information content (AvgIpc) is 2.48. The summed E-state index contributed by atoms with van der Waals surface area (Å²) in [4.78, 5) is 23.8. The second-order valence-electron chi connectivity index (χ2n) is 4.64. The van der Waals surface area contributed by atoms with E-state index in [0.717, 1.165) is 10.8 Å². The Kier molecular flexibility index (Phi) is 4.93. The van der Waals surface area contributed by atoms with E-state index in [1.807, 2.05) is 30.3 Å². The normalized spacial score (nSPS) is 11.9. The van der Waals surface area contributed by atoms with Crippen LogP contribution in [0.2, 0.25) is 0 Å². The molecule has 2 rings (SSSR count). The molecule has 0 saturated heterocycles. The first kappa shape index (κ1) is 15.0.